The molecule has 10 heavy (non-hydrogen) atoms. The number of rotatable bonds is 5. The second kappa shape index (κ2) is 5.69. The zero-order valence-corrected chi connectivity index (χ0v) is 7.48. The first-order chi connectivity index (χ1) is 4.72. The molecule has 0 spiro atoms. The Morgan fingerprint density at radius 1 is 1.40 bits per heavy atom. The molecule has 2 heteroatoms. The lowest BCUT2D eigenvalue weighted by Gasteiger charge is -2.19. The Morgan fingerprint density at radius 2 is 2.00 bits per heavy atom. The average Bonchev–Trinajstić information content (AvgIpc) is 1.98. The van der Waals surface area contributed by atoms with E-state index >= 15 is 0 Å². The Hall–Kier alpha value is -0.0800. The molecule has 1 N–H and O–H groups in total. The van der Waals surface area contributed by atoms with E-state index in [0.717, 1.165) is 6.54 Å². The van der Waals surface area contributed by atoms with E-state index in [4.69, 9.17) is 4.74 Å². The summed E-state index contributed by atoms with van der Waals surface area (Å²) in [5.74, 6) is 0. The van der Waals surface area contributed by atoms with Gasteiger partial charge in [0.2, 0.25) is 0 Å². The van der Waals surface area contributed by atoms with Gasteiger partial charge in [-0.2, -0.15) is 0 Å². The molecule has 0 fully saturated rings. The quantitative estimate of drug-likeness (QED) is 0.631. The van der Waals surface area contributed by atoms with Gasteiger partial charge in [0.1, 0.15) is 0 Å². The smallest absolute Gasteiger partial charge is 0.0693 e. The van der Waals surface area contributed by atoms with Crippen LogP contribution in [-0.4, -0.2) is 25.8 Å². The van der Waals surface area contributed by atoms with E-state index in [0.29, 0.717) is 12.1 Å². The van der Waals surface area contributed by atoms with Crippen molar-refractivity contribution < 1.29 is 4.74 Å². The number of hydrogen-bond donors (Lipinski definition) is 1. The molecule has 0 saturated heterocycles. The summed E-state index contributed by atoms with van der Waals surface area (Å²) < 4.78 is 5.15. The molecule has 0 bridgehead atoms. The Balaban J connectivity index is 3.31. The minimum absolute atomic E-state index is 0.312. The fraction of sp³-hybridized carbons (Fsp3) is 1.00. The fourth-order valence-electron chi connectivity index (χ4n) is 0.742. The average molecular weight is 145 g/mol. The minimum atomic E-state index is 0.312. The molecule has 0 aromatic rings. The molecule has 0 amide bonds. The van der Waals surface area contributed by atoms with Gasteiger partial charge in [-0.3, -0.25) is 0 Å². The van der Waals surface area contributed by atoms with Gasteiger partial charge >= 0.3 is 0 Å². The summed E-state index contributed by atoms with van der Waals surface area (Å²) in [6, 6.07) is 0.463. The van der Waals surface area contributed by atoms with E-state index in [2.05, 4.69) is 26.1 Å². The van der Waals surface area contributed by atoms with E-state index in [-0.39, 0.29) is 0 Å². The van der Waals surface area contributed by atoms with E-state index < -0.39 is 0 Å². The first-order valence-electron chi connectivity index (χ1n) is 3.98. The SMILES string of the molecule is CCCNC(C)C(C)OC. The van der Waals surface area contributed by atoms with Crippen LogP contribution in [0.3, 0.4) is 0 Å². The summed E-state index contributed by atoms with van der Waals surface area (Å²) in [7, 11) is 1.74. The summed E-state index contributed by atoms with van der Waals surface area (Å²) in [6.45, 7) is 7.46. The molecular formula is C8H19NO. The molecule has 0 radical (unpaired) electrons. The lowest BCUT2D eigenvalue weighted by atomic mass is 10.2. The molecule has 62 valence electrons. The molecule has 0 saturated carbocycles. The van der Waals surface area contributed by atoms with E-state index in [1.165, 1.54) is 6.42 Å². The van der Waals surface area contributed by atoms with Crippen LogP contribution in [0.1, 0.15) is 27.2 Å². The Labute approximate surface area is 64.0 Å². The monoisotopic (exact) mass is 145 g/mol. The molecule has 0 heterocycles. The topological polar surface area (TPSA) is 21.3 Å². The van der Waals surface area contributed by atoms with Crippen molar-refractivity contribution in [3.05, 3.63) is 0 Å². The third kappa shape index (κ3) is 3.85. The van der Waals surface area contributed by atoms with Crippen LogP contribution in [-0.2, 0) is 4.74 Å². The van der Waals surface area contributed by atoms with Crippen molar-refractivity contribution in [2.45, 2.75) is 39.3 Å². The van der Waals surface area contributed by atoms with Crippen molar-refractivity contribution in [2.24, 2.45) is 0 Å². The highest BCUT2D eigenvalue weighted by atomic mass is 16.5. The van der Waals surface area contributed by atoms with Crippen LogP contribution in [0.2, 0.25) is 0 Å². The summed E-state index contributed by atoms with van der Waals surface area (Å²) in [5.41, 5.74) is 0. The van der Waals surface area contributed by atoms with Gasteiger partial charge in [0.15, 0.2) is 0 Å². The van der Waals surface area contributed by atoms with Crippen LogP contribution in [0, 0.1) is 0 Å². The van der Waals surface area contributed by atoms with Gasteiger partial charge in [-0.1, -0.05) is 6.92 Å². The van der Waals surface area contributed by atoms with Gasteiger partial charge in [0.05, 0.1) is 6.10 Å². The minimum Gasteiger partial charge on any atom is -0.380 e. The van der Waals surface area contributed by atoms with Crippen LogP contribution >= 0.6 is 0 Å². The third-order valence-corrected chi connectivity index (χ3v) is 1.79. The largest absolute Gasteiger partial charge is 0.380 e. The first-order valence-corrected chi connectivity index (χ1v) is 3.98. The zero-order valence-electron chi connectivity index (χ0n) is 7.48. The van der Waals surface area contributed by atoms with Crippen molar-refractivity contribution in [2.75, 3.05) is 13.7 Å². The number of nitrogens with one attached hydrogen (secondary N) is 1. The highest BCUT2D eigenvalue weighted by Gasteiger charge is 2.08. The summed E-state index contributed by atoms with van der Waals surface area (Å²) in [6.07, 6.45) is 1.49. The maximum atomic E-state index is 5.15. The van der Waals surface area contributed by atoms with Crippen molar-refractivity contribution >= 4 is 0 Å². The van der Waals surface area contributed by atoms with Crippen LogP contribution < -0.4 is 5.32 Å². The van der Waals surface area contributed by atoms with Crippen LogP contribution in [0.25, 0.3) is 0 Å². The highest BCUT2D eigenvalue weighted by molar-refractivity contribution is 4.66. The maximum Gasteiger partial charge on any atom is 0.0693 e. The maximum absolute atomic E-state index is 5.15. The normalized spacial score (nSPS) is 16.8. The molecule has 2 atom stereocenters. The molecule has 0 aliphatic rings. The van der Waals surface area contributed by atoms with Crippen molar-refractivity contribution in [1.29, 1.82) is 0 Å². The Morgan fingerprint density at radius 3 is 2.40 bits per heavy atom. The zero-order chi connectivity index (χ0) is 7.98. The van der Waals surface area contributed by atoms with Gasteiger partial charge in [-0.05, 0) is 26.8 Å². The molecular weight excluding hydrogens is 126 g/mol. The first kappa shape index (κ1) is 9.92. The molecule has 2 nitrogen and oxygen atoms in total. The lowest BCUT2D eigenvalue weighted by molar-refractivity contribution is 0.0889. The number of methoxy groups -OCH3 is 1. The molecule has 0 aliphatic heterocycles. The predicted molar refractivity (Wildman–Crippen MR) is 44.2 cm³/mol. The van der Waals surface area contributed by atoms with Gasteiger partial charge in [0, 0.05) is 13.2 Å². The lowest BCUT2D eigenvalue weighted by Crippen LogP contribution is -2.36. The third-order valence-electron chi connectivity index (χ3n) is 1.79. The molecule has 0 aromatic carbocycles. The standard InChI is InChI=1S/C8H19NO/c1-5-6-9-7(2)8(3)10-4/h7-9H,5-6H2,1-4H3. The fourth-order valence-corrected chi connectivity index (χ4v) is 0.742. The summed E-state index contributed by atoms with van der Waals surface area (Å²) in [4.78, 5) is 0. The second-order valence-electron chi connectivity index (χ2n) is 2.68. The molecule has 0 rings (SSSR count). The summed E-state index contributed by atoms with van der Waals surface area (Å²) >= 11 is 0. The van der Waals surface area contributed by atoms with Crippen LogP contribution in [0.15, 0.2) is 0 Å². The molecule has 0 aromatic heterocycles. The van der Waals surface area contributed by atoms with E-state index in [1.54, 1.807) is 7.11 Å². The van der Waals surface area contributed by atoms with Gasteiger partial charge < -0.3 is 10.1 Å². The number of ether oxygens (including phenoxy) is 1. The van der Waals surface area contributed by atoms with Crippen LogP contribution in [0.4, 0.5) is 0 Å². The van der Waals surface area contributed by atoms with Crippen molar-refractivity contribution in [3.8, 4) is 0 Å². The van der Waals surface area contributed by atoms with Gasteiger partial charge in [-0.15, -0.1) is 0 Å². The highest BCUT2D eigenvalue weighted by Crippen LogP contribution is 1.95. The van der Waals surface area contributed by atoms with Crippen LogP contribution in [0.5, 0.6) is 0 Å². The predicted octanol–water partition coefficient (Wildman–Crippen LogP) is 1.41. The van der Waals surface area contributed by atoms with E-state index in [9.17, 15) is 0 Å². The molecule has 2 unspecified atom stereocenters. The van der Waals surface area contributed by atoms with Crippen molar-refractivity contribution in [1.82, 2.24) is 5.32 Å². The van der Waals surface area contributed by atoms with Gasteiger partial charge in [0.25, 0.3) is 0 Å². The Bertz CT molecular complexity index is 75.7. The second-order valence-corrected chi connectivity index (χ2v) is 2.68. The number of hydrogen-bond acceptors (Lipinski definition) is 2. The van der Waals surface area contributed by atoms with Gasteiger partial charge in [-0.25, -0.2) is 0 Å². The Kier molecular flexibility index (Phi) is 5.64. The van der Waals surface area contributed by atoms with Crippen molar-refractivity contribution in [3.63, 3.8) is 0 Å². The summed E-state index contributed by atoms with van der Waals surface area (Å²) in [5, 5.41) is 3.36. The molecule has 0 aliphatic carbocycles. The van der Waals surface area contributed by atoms with E-state index in [1.807, 2.05) is 0 Å².